The van der Waals surface area contributed by atoms with Gasteiger partial charge >= 0.3 is 6.61 Å². The lowest BCUT2D eigenvalue weighted by Gasteiger charge is -2.36. The lowest BCUT2D eigenvalue weighted by Crippen LogP contribution is -2.43. The summed E-state index contributed by atoms with van der Waals surface area (Å²) in [5.41, 5.74) is 2.88. The highest BCUT2D eigenvalue weighted by molar-refractivity contribution is 6.01. The van der Waals surface area contributed by atoms with Crippen molar-refractivity contribution in [2.45, 2.75) is 51.0 Å². The van der Waals surface area contributed by atoms with Crippen LogP contribution in [0.15, 0.2) is 67.0 Å². The number of alkyl halides is 2. The number of hydrogen-bond donors (Lipinski definition) is 2. The molecule has 2 fully saturated rings. The quantitative estimate of drug-likeness (QED) is 0.230. The van der Waals surface area contributed by atoms with E-state index >= 15 is 0 Å². The zero-order valence-electron chi connectivity index (χ0n) is 24.5. The molecule has 11 heteroatoms. The van der Waals surface area contributed by atoms with Gasteiger partial charge in [0.1, 0.15) is 28.5 Å². The van der Waals surface area contributed by atoms with Gasteiger partial charge in [0, 0.05) is 49.4 Å². The lowest BCUT2D eigenvalue weighted by molar-refractivity contribution is -0.0502. The standard InChI is InChI=1S/C33H36F2N4O5/c1-42-28-15-23(16-29(44-33(34)35)31(28)32(41)37-24-7-8-24)26-18-36-30-17-25(9-13-39(26)30)43-14-11-22-20-38(12-10-27(22)40)19-21-5-3-2-4-6-21/h2-6,9,13,15-18,22,24,27,33,40H,7-8,10-12,14,19-20H2,1H3,(H,37,41)/t22?,27-/m0/s1. The van der Waals surface area contributed by atoms with Gasteiger partial charge in [-0.05, 0) is 49.4 Å². The third-order valence-corrected chi connectivity index (χ3v) is 8.21. The summed E-state index contributed by atoms with van der Waals surface area (Å²) in [4.78, 5) is 19.7. The Hall–Kier alpha value is -4.22. The summed E-state index contributed by atoms with van der Waals surface area (Å²) in [6.07, 6.45) is 6.19. The van der Waals surface area contributed by atoms with Gasteiger partial charge in [-0.2, -0.15) is 8.78 Å². The zero-order valence-corrected chi connectivity index (χ0v) is 24.5. The molecule has 0 radical (unpaired) electrons. The fourth-order valence-corrected chi connectivity index (χ4v) is 5.75. The SMILES string of the molecule is COc1cc(-c2cnc3cc(OCCC4CN(Cc5ccccc5)CC[C@@H]4O)ccn23)cc(OC(F)F)c1C(=O)NC1CC1. The molecule has 2 N–H and O–H groups in total. The number of pyridine rings is 1. The average molecular weight is 607 g/mol. The van der Waals surface area contributed by atoms with Crippen molar-refractivity contribution in [2.75, 3.05) is 26.8 Å². The highest BCUT2D eigenvalue weighted by atomic mass is 19.3. The van der Waals surface area contributed by atoms with Crippen LogP contribution in [0.1, 0.15) is 41.6 Å². The number of amides is 1. The number of nitrogens with zero attached hydrogens (tertiary/aromatic N) is 3. The van der Waals surface area contributed by atoms with Crippen LogP contribution in [-0.4, -0.2) is 70.9 Å². The first-order valence-electron chi connectivity index (χ1n) is 14.9. The first kappa shape index (κ1) is 29.8. The second kappa shape index (κ2) is 13.2. The second-order valence-corrected chi connectivity index (χ2v) is 11.4. The van der Waals surface area contributed by atoms with Gasteiger partial charge in [-0.3, -0.25) is 14.1 Å². The number of ether oxygens (including phenoxy) is 3. The number of benzene rings is 2. The third-order valence-electron chi connectivity index (χ3n) is 8.21. The molecule has 9 nitrogen and oxygen atoms in total. The van der Waals surface area contributed by atoms with Gasteiger partial charge in [-0.1, -0.05) is 30.3 Å². The number of imidazole rings is 1. The molecule has 2 aliphatic rings. The predicted octanol–water partition coefficient (Wildman–Crippen LogP) is 5.16. The molecule has 0 bridgehead atoms. The van der Waals surface area contributed by atoms with Crippen LogP contribution in [0.25, 0.3) is 16.9 Å². The molecule has 4 aromatic rings. The Morgan fingerprint density at radius 2 is 1.91 bits per heavy atom. The Kier molecular flexibility index (Phi) is 8.94. The van der Waals surface area contributed by atoms with Gasteiger partial charge in [0.15, 0.2) is 0 Å². The van der Waals surface area contributed by atoms with Crippen LogP contribution in [0.3, 0.4) is 0 Å². The Labute approximate surface area is 254 Å². The number of piperidine rings is 1. The molecule has 1 amide bonds. The van der Waals surface area contributed by atoms with Crippen molar-refractivity contribution in [2.24, 2.45) is 5.92 Å². The van der Waals surface area contributed by atoms with E-state index in [0.717, 1.165) is 38.9 Å². The first-order chi connectivity index (χ1) is 21.4. The number of hydrogen-bond acceptors (Lipinski definition) is 7. The molecule has 1 aliphatic carbocycles. The topological polar surface area (TPSA) is 97.6 Å². The Balaban J connectivity index is 1.14. The molecular formula is C33H36F2N4O5. The number of carbonyl (C=O) groups excluding carboxylic acids is 1. The number of likely N-dealkylation sites (tertiary alicyclic amines) is 1. The summed E-state index contributed by atoms with van der Waals surface area (Å²) in [6.45, 7) is -0.137. The van der Waals surface area contributed by atoms with E-state index in [1.54, 1.807) is 28.9 Å². The number of aliphatic hydroxyl groups excluding tert-OH is 1. The molecule has 6 rings (SSSR count). The van der Waals surface area contributed by atoms with Gasteiger partial charge < -0.3 is 24.6 Å². The molecule has 1 unspecified atom stereocenters. The van der Waals surface area contributed by atoms with E-state index in [2.05, 4.69) is 27.3 Å². The van der Waals surface area contributed by atoms with Crippen molar-refractivity contribution < 1.29 is 32.9 Å². The minimum absolute atomic E-state index is 0.0311. The highest BCUT2D eigenvalue weighted by Gasteiger charge is 2.30. The fraction of sp³-hybridized carbons (Fsp3) is 0.394. The number of halogens is 2. The van der Waals surface area contributed by atoms with E-state index in [4.69, 9.17) is 14.2 Å². The zero-order chi connectivity index (χ0) is 30.6. The first-order valence-corrected chi connectivity index (χ1v) is 14.9. The molecular weight excluding hydrogens is 570 g/mol. The van der Waals surface area contributed by atoms with Crippen LogP contribution in [0.4, 0.5) is 8.78 Å². The summed E-state index contributed by atoms with van der Waals surface area (Å²) in [5, 5.41) is 13.4. The van der Waals surface area contributed by atoms with E-state index < -0.39 is 12.5 Å². The number of carbonyl (C=O) groups is 1. The van der Waals surface area contributed by atoms with E-state index in [0.29, 0.717) is 35.7 Å². The molecule has 2 aromatic carbocycles. The third kappa shape index (κ3) is 6.95. The Morgan fingerprint density at radius 3 is 2.66 bits per heavy atom. The largest absolute Gasteiger partial charge is 0.496 e. The monoisotopic (exact) mass is 606 g/mol. The summed E-state index contributed by atoms with van der Waals surface area (Å²) in [6, 6.07) is 17.0. The molecule has 2 aromatic heterocycles. The van der Waals surface area contributed by atoms with Crippen molar-refractivity contribution in [3.8, 4) is 28.5 Å². The number of fused-ring (bicyclic) bond motifs is 1. The fourth-order valence-electron chi connectivity index (χ4n) is 5.75. The summed E-state index contributed by atoms with van der Waals surface area (Å²) in [7, 11) is 1.38. The van der Waals surface area contributed by atoms with Crippen molar-refractivity contribution in [1.82, 2.24) is 19.6 Å². The van der Waals surface area contributed by atoms with E-state index in [1.165, 1.54) is 18.7 Å². The Morgan fingerprint density at radius 1 is 1.11 bits per heavy atom. The van der Waals surface area contributed by atoms with Crippen LogP contribution in [-0.2, 0) is 6.54 Å². The van der Waals surface area contributed by atoms with Crippen LogP contribution in [0.2, 0.25) is 0 Å². The maximum atomic E-state index is 13.4. The number of aromatic nitrogens is 2. The molecule has 1 saturated heterocycles. The van der Waals surface area contributed by atoms with Gasteiger partial charge in [0.05, 0.1) is 31.7 Å². The average Bonchev–Trinajstić information content (AvgIpc) is 3.73. The number of rotatable bonds is 12. The lowest BCUT2D eigenvalue weighted by atomic mass is 9.91. The number of aliphatic hydroxyl groups is 1. The van der Waals surface area contributed by atoms with E-state index in [9.17, 15) is 18.7 Å². The molecule has 44 heavy (non-hydrogen) atoms. The number of methoxy groups -OCH3 is 1. The molecule has 1 aliphatic heterocycles. The van der Waals surface area contributed by atoms with Crippen molar-refractivity contribution in [1.29, 1.82) is 0 Å². The Bertz CT molecular complexity index is 1590. The molecule has 3 heterocycles. The molecule has 2 atom stereocenters. The minimum Gasteiger partial charge on any atom is -0.496 e. The van der Waals surface area contributed by atoms with Crippen LogP contribution in [0, 0.1) is 5.92 Å². The molecule has 1 saturated carbocycles. The van der Waals surface area contributed by atoms with Gasteiger partial charge in [-0.15, -0.1) is 0 Å². The van der Waals surface area contributed by atoms with Gasteiger partial charge in [0.25, 0.3) is 5.91 Å². The molecule has 232 valence electrons. The van der Waals surface area contributed by atoms with E-state index in [1.807, 2.05) is 24.3 Å². The normalized spacial score (nSPS) is 18.8. The number of nitrogens with one attached hydrogen (secondary N) is 1. The smallest absolute Gasteiger partial charge is 0.387 e. The summed E-state index contributed by atoms with van der Waals surface area (Å²) in [5.74, 6) is 0.0832. The summed E-state index contributed by atoms with van der Waals surface area (Å²) >= 11 is 0. The summed E-state index contributed by atoms with van der Waals surface area (Å²) < 4.78 is 44.8. The van der Waals surface area contributed by atoms with Crippen LogP contribution >= 0.6 is 0 Å². The minimum atomic E-state index is -3.12. The highest BCUT2D eigenvalue weighted by Crippen LogP contribution is 2.37. The second-order valence-electron chi connectivity index (χ2n) is 11.4. The maximum Gasteiger partial charge on any atom is 0.387 e. The maximum absolute atomic E-state index is 13.4. The van der Waals surface area contributed by atoms with Gasteiger partial charge in [-0.25, -0.2) is 4.98 Å². The van der Waals surface area contributed by atoms with Crippen LogP contribution in [0.5, 0.6) is 17.2 Å². The molecule has 0 spiro atoms. The van der Waals surface area contributed by atoms with Crippen molar-refractivity contribution in [3.63, 3.8) is 0 Å². The van der Waals surface area contributed by atoms with E-state index in [-0.39, 0.29) is 35.1 Å². The van der Waals surface area contributed by atoms with Crippen LogP contribution < -0.4 is 19.5 Å². The van der Waals surface area contributed by atoms with Crippen molar-refractivity contribution in [3.05, 3.63) is 78.1 Å². The predicted molar refractivity (Wildman–Crippen MR) is 160 cm³/mol. The van der Waals surface area contributed by atoms with Crippen molar-refractivity contribution >= 4 is 11.6 Å². The van der Waals surface area contributed by atoms with Gasteiger partial charge in [0.2, 0.25) is 0 Å².